The summed E-state index contributed by atoms with van der Waals surface area (Å²) in [6.45, 7) is 2.72. The molecule has 5 nitrogen and oxygen atoms in total. The van der Waals surface area contributed by atoms with E-state index in [1.54, 1.807) is 11.8 Å². The third kappa shape index (κ3) is 3.87. The lowest BCUT2D eigenvalue weighted by atomic mass is 10.0. The van der Waals surface area contributed by atoms with Gasteiger partial charge in [0.25, 0.3) is 0 Å². The van der Waals surface area contributed by atoms with Crippen molar-refractivity contribution < 1.29 is 19.8 Å². The Hall–Kier alpha value is -1.10. The summed E-state index contributed by atoms with van der Waals surface area (Å²) in [6, 6.07) is 0. The van der Waals surface area contributed by atoms with Crippen LogP contribution in [0.2, 0.25) is 0 Å². The Morgan fingerprint density at radius 2 is 2.13 bits per heavy atom. The average molecular weight is 215 g/mol. The van der Waals surface area contributed by atoms with Crippen molar-refractivity contribution in [1.82, 2.24) is 4.90 Å². The van der Waals surface area contributed by atoms with E-state index in [0.29, 0.717) is 19.5 Å². The monoisotopic (exact) mass is 215 g/mol. The lowest BCUT2D eigenvalue weighted by Crippen LogP contribution is -2.30. The zero-order chi connectivity index (χ0) is 11.4. The van der Waals surface area contributed by atoms with Crippen LogP contribution in [-0.2, 0) is 9.59 Å². The number of hydrogen-bond donors (Lipinski definition) is 2. The fraction of sp³-hybridized carbons (Fsp3) is 0.800. The van der Waals surface area contributed by atoms with Crippen LogP contribution in [0.15, 0.2) is 0 Å². The van der Waals surface area contributed by atoms with Crippen molar-refractivity contribution in [3.8, 4) is 0 Å². The fourth-order valence-corrected chi connectivity index (χ4v) is 1.77. The molecule has 0 aromatic rings. The largest absolute Gasteiger partial charge is 0.481 e. The van der Waals surface area contributed by atoms with Crippen molar-refractivity contribution in [3.05, 3.63) is 0 Å². The molecule has 0 aromatic carbocycles. The van der Waals surface area contributed by atoms with Gasteiger partial charge in [-0.3, -0.25) is 9.59 Å². The van der Waals surface area contributed by atoms with E-state index in [-0.39, 0.29) is 24.7 Å². The second kappa shape index (κ2) is 5.11. The van der Waals surface area contributed by atoms with Gasteiger partial charge in [-0.2, -0.15) is 0 Å². The van der Waals surface area contributed by atoms with Crippen LogP contribution < -0.4 is 0 Å². The van der Waals surface area contributed by atoms with Crippen molar-refractivity contribution in [2.24, 2.45) is 5.92 Å². The van der Waals surface area contributed by atoms with Crippen LogP contribution >= 0.6 is 0 Å². The van der Waals surface area contributed by atoms with Crippen LogP contribution in [-0.4, -0.2) is 46.2 Å². The molecule has 1 aliphatic rings. The Morgan fingerprint density at radius 3 is 2.60 bits per heavy atom. The summed E-state index contributed by atoms with van der Waals surface area (Å²) in [5.74, 6) is -1.08. The van der Waals surface area contributed by atoms with Gasteiger partial charge in [0.05, 0.1) is 6.10 Å². The zero-order valence-electron chi connectivity index (χ0n) is 8.85. The van der Waals surface area contributed by atoms with Crippen LogP contribution in [0.4, 0.5) is 0 Å². The molecule has 5 heteroatoms. The smallest absolute Gasteiger partial charge is 0.303 e. The minimum atomic E-state index is -0.878. The number of carbonyl (C=O) groups is 2. The molecule has 1 aliphatic heterocycles. The molecule has 1 unspecified atom stereocenters. The number of hydrogen-bond acceptors (Lipinski definition) is 3. The highest BCUT2D eigenvalue weighted by Gasteiger charge is 2.25. The maximum Gasteiger partial charge on any atom is 0.303 e. The van der Waals surface area contributed by atoms with E-state index < -0.39 is 12.1 Å². The molecule has 1 amide bonds. The number of nitrogens with zero attached hydrogens (tertiary/aromatic N) is 1. The van der Waals surface area contributed by atoms with E-state index in [4.69, 9.17) is 5.11 Å². The molecule has 1 fully saturated rings. The van der Waals surface area contributed by atoms with Crippen molar-refractivity contribution in [2.45, 2.75) is 32.3 Å². The summed E-state index contributed by atoms with van der Waals surface area (Å²) in [4.78, 5) is 23.6. The van der Waals surface area contributed by atoms with Crippen LogP contribution in [0.1, 0.15) is 26.2 Å². The molecule has 0 bridgehead atoms. The molecule has 0 spiro atoms. The molecule has 0 aromatic heterocycles. The number of carboxylic acid groups (broad SMARTS) is 1. The highest BCUT2D eigenvalue weighted by atomic mass is 16.4. The van der Waals surface area contributed by atoms with Crippen molar-refractivity contribution in [1.29, 1.82) is 0 Å². The van der Waals surface area contributed by atoms with Gasteiger partial charge in [0.15, 0.2) is 0 Å². The molecule has 2 atom stereocenters. The lowest BCUT2D eigenvalue weighted by molar-refractivity contribution is -0.138. The summed E-state index contributed by atoms with van der Waals surface area (Å²) >= 11 is 0. The third-order valence-electron chi connectivity index (χ3n) is 2.56. The van der Waals surface area contributed by atoms with E-state index in [1.807, 2.05) is 0 Å². The minimum absolute atomic E-state index is 0.0160. The number of likely N-dealkylation sites (tertiary alicyclic amines) is 1. The second-order valence-corrected chi connectivity index (χ2v) is 4.19. The molecule has 0 aliphatic carbocycles. The molecular weight excluding hydrogens is 198 g/mol. The second-order valence-electron chi connectivity index (χ2n) is 4.19. The van der Waals surface area contributed by atoms with Crippen LogP contribution in [0, 0.1) is 5.92 Å². The first kappa shape index (κ1) is 12.0. The van der Waals surface area contributed by atoms with E-state index >= 15 is 0 Å². The van der Waals surface area contributed by atoms with E-state index in [0.717, 1.165) is 0 Å². The Morgan fingerprint density at radius 1 is 1.47 bits per heavy atom. The summed E-state index contributed by atoms with van der Waals surface area (Å²) in [5, 5.41) is 17.8. The Labute approximate surface area is 88.7 Å². The van der Waals surface area contributed by atoms with Gasteiger partial charge in [0.2, 0.25) is 5.91 Å². The van der Waals surface area contributed by atoms with Gasteiger partial charge in [-0.25, -0.2) is 0 Å². The van der Waals surface area contributed by atoms with Gasteiger partial charge in [0, 0.05) is 25.9 Å². The molecule has 86 valence electrons. The van der Waals surface area contributed by atoms with Crippen LogP contribution in [0.5, 0.6) is 0 Å². The maximum atomic E-state index is 11.6. The number of amides is 1. The van der Waals surface area contributed by atoms with Gasteiger partial charge in [-0.05, 0) is 12.3 Å². The Kier molecular flexibility index (Phi) is 4.08. The topological polar surface area (TPSA) is 77.8 Å². The highest BCUT2D eigenvalue weighted by molar-refractivity contribution is 5.77. The normalized spacial score (nSPS) is 22.8. The van der Waals surface area contributed by atoms with Crippen LogP contribution in [0.3, 0.4) is 0 Å². The van der Waals surface area contributed by atoms with Gasteiger partial charge in [-0.15, -0.1) is 0 Å². The van der Waals surface area contributed by atoms with Gasteiger partial charge in [0.1, 0.15) is 0 Å². The van der Waals surface area contributed by atoms with Crippen molar-refractivity contribution in [3.63, 3.8) is 0 Å². The standard InChI is InChI=1S/C10H17NO4/c1-7(5-10(14)15)4-9(13)11-3-2-8(12)6-11/h7-8,12H,2-6H2,1H3,(H,14,15)/t7?,8-/m1/s1. The zero-order valence-corrected chi connectivity index (χ0v) is 8.85. The highest BCUT2D eigenvalue weighted by Crippen LogP contribution is 2.14. The molecule has 2 N–H and O–H groups in total. The van der Waals surface area contributed by atoms with Gasteiger partial charge >= 0.3 is 5.97 Å². The number of carbonyl (C=O) groups excluding carboxylic acids is 1. The number of carboxylic acids is 1. The van der Waals surface area contributed by atoms with Gasteiger partial charge in [-0.1, -0.05) is 6.92 Å². The molecule has 0 saturated carbocycles. The number of rotatable bonds is 4. The molecule has 1 heterocycles. The third-order valence-corrected chi connectivity index (χ3v) is 2.56. The predicted octanol–water partition coefficient (Wildman–Crippen LogP) is 0.0805. The Bertz CT molecular complexity index is 254. The summed E-state index contributed by atoms with van der Waals surface area (Å²) in [7, 11) is 0. The fourth-order valence-electron chi connectivity index (χ4n) is 1.77. The molecule has 0 radical (unpaired) electrons. The number of aliphatic carboxylic acids is 1. The SMILES string of the molecule is CC(CC(=O)O)CC(=O)N1CC[C@@H](O)C1. The summed E-state index contributed by atoms with van der Waals surface area (Å²) in [6.07, 6.45) is 0.476. The quantitative estimate of drug-likeness (QED) is 0.696. The van der Waals surface area contributed by atoms with E-state index in [9.17, 15) is 14.7 Å². The maximum absolute atomic E-state index is 11.6. The van der Waals surface area contributed by atoms with Crippen molar-refractivity contribution in [2.75, 3.05) is 13.1 Å². The lowest BCUT2D eigenvalue weighted by Gasteiger charge is -2.17. The number of aliphatic hydroxyl groups excluding tert-OH is 1. The first-order chi connectivity index (χ1) is 6.99. The first-order valence-corrected chi connectivity index (χ1v) is 5.16. The Balaban J connectivity index is 2.32. The predicted molar refractivity (Wildman–Crippen MR) is 53.2 cm³/mol. The van der Waals surface area contributed by atoms with Crippen molar-refractivity contribution >= 4 is 11.9 Å². The number of β-amino-alcohol motifs (C(OH)–C–C–N with tert-alkyl or cyclic N) is 1. The minimum Gasteiger partial charge on any atom is -0.481 e. The molecule has 15 heavy (non-hydrogen) atoms. The van der Waals surface area contributed by atoms with Crippen LogP contribution in [0.25, 0.3) is 0 Å². The first-order valence-electron chi connectivity index (χ1n) is 5.16. The number of aliphatic hydroxyl groups is 1. The summed E-state index contributed by atoms with van der Waals surface area (Å²) < 4.78 is 0. The average Bonchev–Trinajstić information content (AvgIpc) is 2.49. The molecule has 1 rings (SSSR count). The van der Waals surface area contributed by atoms with E-state index in [2.05, 4.69) is 0 Å². The molecular formula is C10H17NO4. The molecule has 1 saturated heterocycles. The van der Waals surface area contributed by atoms with Gasteiger partial charge < -0.3 is 15.1 Å². The summed E-state index contributed by atoms with van der Waals surface area (Å²) in [5.41, 5.74) is 0. The van der Waals surface area contributed by atoms with E-state index in [1.165, 1.54) is 0 Å².